The molecule has 0 saturated heterocycles. The first-order valence-electron chi connectivity index (χ1n) is 16.8. The average Bonchev–Trinajstić information content (AvgIpc) is 2.88. The standard InChI is InChI=1S/C32H66ClO4P/c33-31-29-27-25-23-21-19-17-15-13-11-9-7-5-3-1-2-4-6-8-10-12-14-16-18-20-22-24-26-28-30-32-37-38(34,35)36/h1-32H2,(H2,34,35,36). The Morgan fingerprint density at radius 3 is 0.737 bits per heavy atom. The Balaban J connectivity index is 3.04. The lowest BCUT2D eigenvalue weighted by molar-refractivity contribution is 0.193. The molecule has 0 aliphatic rings. The third-order valence-corrected chi connectivity index (χ3v) is 8.57. The van der Waals surface area contributed by atoms with Crippen molar-refractivity contribution in [3.05, 3.63) is 0 Å². The van der Waals surface area contributed by atoms with E-state index in [1.807, 2.05) is 0 Å². The number of alkyl halides is 1. The predicted octanol–water partition coefficient (Wildman–Crippen LogP) is 12.0. The molecule has 0 aliphatic carbocycles. The summed E-state index contributed by atoms with van der Waals surface area (Å²) in [6.07, 6.45) is 40.7. The van der Waals surface area contributed by atoms with Gasteiger partial charge >= 0.3 is 7.82 Å². The minimum atomic E-state index is -4.27. The van der Waals surface area contributed by atoms with Gasteiger partial charge in [-0.1, -0.05) is 180 Å². The fourth-order valence-electron chi connectivity index (χ4n) is 5.33. The van der Waals surface area contributed by atoms with Gasteiger partial charge in [0, 0.05) is 5.88 Å². The molecule has 2 N–H and O–H groups in total. The van der Waals surface area contributed by atoms with E-state index in [0.29, 0.717) is 0 Å². The van der Waals surface area contributed by atoms with Crippen molar-refractivity contribution in [1.29, 1.82) is 0 Å². The van der Waals surface area contributed by atoms with E-state index in [1.165, 1.54) is 173 Å². The van der Waals surface area contributed by atoms with Crippen LogP contribution in [-0.4, -0.2) is 22.3 Å². The van der Waals surface area contributed by atoms with Crippen LogP contribution in [0, 0.1) is 0 Å². The number of unbranched alkanes of at least 4 members (excludes halogenated alkanes) is 29. The fourth-order valence-corrected chi connectivity index (χ4v) is 5.89. The third kappa shape index (κ3) is 36.4. The highest BCUT2D eigenvalue weighted by atomic mass is 35.5. The van der Waals surface area contributed by atoms with Crippen LogP contribution in [0.3, 0.4) is 0 Å². The Kier molecular flexibility index (Phi) is 32.3. The van der Waals surface area contributed by atoms with E-state index in [4.69, 9.17) is 21.4 Å². The number of halogens is 1. The molecule has 0 aromatic heterocycles. The molecule has 0 amide bonds. The molecule has 0 fully saturated rings. The normalized spacial score (nSPS) is 12.0. The van der Waals surface area contributed by atoms with Crippen molar-refractivity contribution >= 4 is 19.4 Å². The lowest BCUT2D eigenvalue weighted by Gasteiger charge is -2.05. The quantitative estimate of drug-likeness (QED) is 0.0460. The smallest absolute Gasteiger partial charge is 0.303 e. The molecule has 4 nitrogen and oxygen atoms in total. The summed E-state index contributed by atoms with van der Waals surface area (Å²) in [4.78, 5) is 17.2. The van der Waals surface area contributed by atoms with Gasteiger partial charge in [0.25, 0.3) is 0 Å². The molecule has 6 heteroatoms. The predicted molar refractivity (Wildman–Crippen MR) is 167 cm³/mol. The molecule has 230 valence electrons. The van der Waals surface area contributed by atoms with E-state index < -0.39 is 7.82 Å². The van der Waals surface area contributed by atoms with Crippen molar-refractivity contribution in [1.82, 2.24) is 0 Å². The zero-order valence-corrected chi connectivity index (χ0v) is 26.8. The summed E-state index contributed by atoms with van der Waals surface area (Å²) in [5.41, 5.74) is 0. The van der Waals surface area contributed by atoms with Crippen LogP contribution in [0.15, 0.2) is 0 Å². The van der Waals surface area contributed by atoms with Crippen molar-refractivity contribution in [3.63, 3.8) is 0 Å². The molecule has 0 aromatic carbocycles. The first kappa shape index (κ1) is 38.4. The third-order valence-electron chi connectivity index (χ3n) is 7.79. The van der Waals surface area contributed by atoms with Gasteiger partial charge in [-0.25, -0.2) is 4.57 Å². The van der Waals surface area contributed by atoms with Crippen LogP contribution >= 0.6 is 19.4 Å². The van der Waals surface area contributed by atoms with Gasteiger partial charge in [-0.15, -0.1) is 11.6 Å². The average molecular weight is 581 g/mol. The molecular formula is C32H66ClO4P. The molecule has 0 atom stereocenters. The summed E-state index contributed by atoms with van der Waals surface area (Å²) >= 11 is 5.72. The summed E-state index contributed by atoms with van der Waals surface area (Å²) in [6, 6.07) is 0. The molecule has 0 bridgehead atoms. The summed E-state index contributed by atoms with van der Waals surface area (Å²) in [5.74, 6) is 0.834. The van der Waals surface area contributed by atoms with Crippen molar-refractivity contribution in [3.8, 4) is 0 Å². The minimum Gasteiger partial charge on any atom is -0.303 e. The summed E-state index contributed by atoms with van der Waals surface area (Å²) < 4.78 is 15.0. The van der Waals surface area contributed by atoms with E-state index in [0.717, 1.165) is 25.1 Å². The van der Waals surface area contributed by atoms with E-state index >= 15 is 0 Å². The molecule has 0 spiro atoms. The van der Waals surface area contributed by atoms with Crippen LogP contribution in [0.25, 0.3) is 0 Å². The van der Waals surface area contributed by atoms with Crippen molar-refractivity contribution in [2.75, 3.05) is 12.5 Å². The van der Waals surface area contributed by atoms with Crippen molar-refractivity contribution in [2.24, 2.45) is 0 Å². The first-order chi connectivity index (χ1) is 18.6. The van der Waals surface area contributed by atoms with E-state index in [2.05, 4.69) is 4.52 Å². The number of rotatable bonds is 33. The number of hydrogen-bond donors (Lipinski definition) is 2. The SMILES string of the molecule is O=P(O)(O)OCCCCCCCCCCCCCCCCCCCCCCCCCCCCCCCCCl. The van der Waals surface area contributed by atoms with Crippen molar-refractivity contribution < 1.29 is 18.9 Å². The minimum absolute atomic E-state index is 0.169. The van der Waals surface area contributed by atoms with Crippen LogP contribution in [0.1, 0.15) is 193 Å². The monoisotopic (exact) mass is 580 g/mol. The second kappa shape index (κ2) is 31.9. The molecule has 0 radical (unpaired) electrons. The Morgan fingerprint density at radius 1 is 0.368 bits per heavy atom. The van der Waals surface area contributed by atoms with E-state index in [9.17, 15) is 4.57 Å². The lowest BCUT2D eigenvalue weighted by atomic mass is 10.0. The Morgan fingerprint density at radius 2 is 0.553 bits per heavy atom. The molecule has 0 aromatic rings. The maximum Gasteiger partial charge on any atom is 0.469 e. The fraction of sp³-hybridized carbons (Fsp3) is 1.00. The summed E-state index contributed by atoms with van der Waals surface area (Å²) in [7, 11) is -4.27. The number of hydrogen-bond acceptors (Lipinski definition) is 2. The molecular weight excluding hydrogens is 515 g/mol. The van der Waals surface area contributed by atoms with Crippen LogP contribution in [-0.2, 0) is 9.09 Å². The zero-order chi connectivity index (χ0) is 27.8. The first-order valence-corrected chi connectivity index (χ1v) is 18.9. The van der Waals surface area contributed by atoms with Gasteiger partial charge in [-0.2, -0.15) is 0 Å². The van der Waals surface area contributed by atoms with Gasteiger partial charge in [0.2, 0.25) is 0 Å². The Labute approximate surface area is 243 Å². The van der Waals surface area contributed by atoms with E-state index in [1.54, 1.807) is 0 Å². The molecule has 0 aliphatic heterocycles. The van der Waals surface area contributed by atoms with E-state index in [-0.39, 0.29) is 6.61 Å². The molecule has 0 unspecified atom stereocenters. The maximum absolute atomic E-state index is 10.6. The topological polar surface area (TPSA) is 66.8 Å². The van der Waals surface area contributed by atoms with Crippen molar-refractivity contribution in [2.45, 2.75) is 193 Å². The summed E-state index contributed by atoms with van der Waals surface area (Å²) in [6.45, 7) is 0.169. The second-order valence-electron chi connectivity index (χ2n) is 11.6. The van der Waals surface area contributed by atoms with Gasteiger partial charge in [-0.05, 0) is 12.8 Å². The maximum atomic E-state index is 10.6. The zero-order valence-electron chi connectivity index (χ0n) is 25.2. The van der Waals surface area contributed by atoms with Crippen LogP contribution in [0.2, 0.25) is 0 Å². The molecule has 0 rings (SSSR count). The molecule has 38 heavy (non-hydrogen) atoms. The van der Waals surface area contributed by atoms with Gasteiger partial charge in [-0.3, -0.25) is 4.52 Å². The van der Waals surface area contributed by atoms with Crippen LogP contribution < -0.4 is 0 Å². The highest BCUT2D eigenvalue weighted by Gasteiger charge is 2.12. The number of phosphoric acid groups is 1. The number of phosphoric ester groups is 1. The highest BCUT2D eigenvalue weighted by Crippen LogP contribution is 2.35. The molecule has 0 saturated carbocycles. The second-order valence-corrected chi connectivity index (χ2v) is 13.2. The Bertz CT molecular complexity index is 486. The van der Waals surface area contributed by atoms with Gasteiger partial charge < -0.3 is 9.79 Å². The molecule has 0 heterocycles. The van der Waals surface area contributed by atoms with Gasteiger partial charge in [0.05, 0.1) is 6.61 Å². The lowest BCUT2D eigenvalue weighted by Crippen LogP contribution is -1.92. The van der Waals surface area contributed by atoms with Crippen LogP contribution in [0.4, 0.5) is 0 Å². The van der Waals surface area contributed by atoms with Crippen LogP contribution in [0.5, 0.6) is 0 Å². The Hall–Kier alpha value is 0.400. The van der Waals surface area contributed by atoms with Gasteiger partial charge in [0.15, 0.2) is 0 Å². The summed E-state index contributed by atoms with van der Waals surface area (Å²) in [5, 5.41) is 0. The van der Waals surface area contributed by atoms with Gasteiger partial charge in [0.1, 0.15) is 0 Å². The largest absolute Gasteiger partial charge is 0.469 e. The highest BCUT2D eigenvalue weighted by molar-refractivity contribution is 7.46.